The van der Waals surface area contributed by atoms with Crippen molar-refractivity contribution in [3.8, 4) is 11.1 Å². The van der Waals surface area contributed by atoms with Crippen molar-refractivity contribution >= 4 is 16.9 Å². The molecule has 0 spiro atoms. The second-order valence-corrected chi connectivity index (χ2v) is 8.97. The van der Waals surface area contributed by atoms with Crippen molar-refractivity contribution in [3.05, 3.63) is 78.3 Å². The molecule has 7 nitrogen and oxygen atoms in total. The van der Waals surface area contributed by atoms with E-state index in [-0.39, 0.29) is 12.2 Å². The fourth-order valence-electron chi connectivity index (χ4n) is 4.40. The molecule has 1 saturated carbocycles. The lowest BCUT2D eigenvalue weighted by Gasteiger charge is -2.34. The van der Waals surface area contributed by atoms with Crippen molar-refractivity contribution in [2.45, 2.75) is 49.6 Å². The van der Waals surface area contributed by atoms with E-state index in [1.807, 2.05) is 18.2 Å². The summed E-state index contributed by atoms with van der Waals surface area (Å²) in [5.41, 5.74) is 2.81. The van der Waals surface area contributed by atoms with Gasteiger partial charge < -0.3 is 25.2 Å². The third kappa shape index (κ3) is 5.26. The molecule has 1 unspecified atom stereocenters. The van der Waals surface area contributed by atoms with Crippen LogP contribution >= 0.6 is 0 Å². The number of aliphatic hydroxyl groups is 4. The number of esters is 1. The van der Waals surface area contributed by atoms with E-state index in [0.29, 0.717) is 27.9 Å². The van der Waals surface area contributed by atoms with Gasteiger partial charge in [-0.1, -0.05) is 30.8 Å². The van der Waals surface area contributed by atoms with Crippen molar-refractivity contribution in [1.82, 2.24) is 4.98 Å². The Morgan fingerprint density at radius 2 is 1.89 bits per heavy atom. The number of benzene rings is 2. The van der Waals surface area contributed by atoms with Crippen LogP contribution in [0.25, 0.3) is 22.0 Å². The zero-order valence-electron chi connectivity index (χ0n) is 19.3. The quantitative estimate of drug-likeness (QED) is 0.210. The second kappa shape index (κ2) is 9.47. The van der Waals surface area contributed by atoms with E-state index in [1.165, 1.54) is 30.5 Å². The largest absolute Gasteiger partial charge is 0.465 e. The van der Waals surface area contributed by atoms with Crippen LogP contribution in [0.2, 0.25) is 0 Å². The topological polar surface area (TPSA) is 120 Å². The maximum Gasteiger partial charge on any atom is 0.319 e. The van der Waals surface area contributed by atoms with Crippen LogP contribution in [-0.2, 0) is 9.53 Å². The number of fused-ring (bicyclic) bond motifs is 1. The first-order valence-corrected chi connectivity index (χ1v) is 11.4. The number of aromatic nitrogens is 1. The second-order valence-electron chi connectivity index (χ2n) is 8.97. The molecule has 1 fully saturated rings. The summed E-state index contributed by atoms with van der Waals surface area (Å²) in [4.78, 5) is 17.6. The number of hydrogen-bond acceptors (Lipinski definition) is 7. The van der Waals surface area contributed by atoms with Crippen LogP contribution in [0, 0.1) is 5.82 Å². The Balaban J connectivity index is 1.96. The Morgan fingerprint density at radius 3 is 2.49 bits per heavy atom. The van der Waals surface area contributed by atoms with E-state index in [1.54, 1.807) is 6.92 Å². The fraction of sp³-hybridized carbons (Fsp3) is 0.333. The molecule has 0 radical (unpaired) electrons. The molecule has 3 aromatic rings. The number of carbonyl (C=O) groups is 1. The van der Waals surface area contributed by atoms with E-state index in [9.17, 15) is 29.6 Å². The van der Waals surface area contributed by atoms with Gasteiger partial charge in [0.2, 0.25) is 0 Å². The van der Waals surface area contributed by atoms with Gasteiger partial charge in [-0.15, -0.1) is 0 Å². The predicted molar refractivity (Wildman–Crippen MR) is 128 cm³/mol. The van der Waals surface area contributed by atoms with Gasteiger partial charge in [0.25, 0.3) is 0 Å². The molecule has 0 saturated heterocycles. The van der Waals surface area contributed by atoms with Gasteiger partial charge in [0, 0.05) is 11.6 Å². The van der Waals surface area contributed by atoms with Crippen LogP contribution in [0.1, 0.15) is 49.1 Å². The molecule has 1 aliphatic rings. The van der Waals surface area contributed by atoms with Gasteiger partial charge in [0.1, 0.15) is 11.7 Å². The summed E-state index contributed by atoms with van der Waals surface area (Å²) in [5, 5.41) is 42.7. The molecular formula is C27H28FNO6. The summed E-state index contributed by atoms with van der Waals surface area (Å²) in [7, 11) is 0. The lowest BCUT2D eigenvalue weighted by Crippen LogP contribution is -2.47. The normalized spacial score (nSPS) is 15.1. The smallest absolute Gasteiger partial charge is 0.319 e. The first-order chi connectivity index (χ1) is 16.6. The standard InChI is InChI=1S/C27H28FNO6/c1-3-26(31,32)15-27(33,34)24(25(30)35-4-2)21-14-29-22-13-18(16-5-6-16)9-12-20(22)23(21)17-7-10-19(28)11-8-17/h3,7-14,16,24,31-34H,1,4-6,15H2,2H3. The summed E-state index contributed by atoms with van der Waals surface area (Å²) in [6.45, 7) is 4.80. The van der Waals surface area contributed by atoms with Gasteiger partial charge in [-0.2, -0.15) is 0 Å². The van der Waals surface area contributed by atoms with Crippen LogP contribution in [0.4, 0.5) is 4.39 Å². The Hall–Kier alpha value is -3.17. The zero-order valence-corrected chi connectivity index (χ0v) is 19.3. The van der Waals surface area contributed by atoms with E-state index >= 15 is 0 Å². The van der Waals surface area contributed by atoms with Crippen LogP contribution in [0.5, 0.6) is 0 Å². The summed E-state index contributed by atoms with van der Waals surface area (Å²) in [6.07, 6.45) is 3.24. The monoisotopic (exact) mass is 481 g/mol. The molecule has 8 heteroatoms. The Labute approximate surface area is 202 Å². The summed E-state index contributed by atoms with van der Waals surface area (Å²) in [6, 6.07) is 11.3. The number of ether oxygens (including phenoxy) is 1. The maximum absolute atomic E-state index is 13.7. The average Bonchev–Trinajstić information content (AvgIpc) is 3.64. The van der Waals surface area contributed by atoms with Crippen LogP contribution < -0.4 is 0 Å². The molecule has 0 bridgehead atoms. The third-order valence-corrected chi connectivity index (χ3v) is 6.25. The minimum Gasteiger partial charge on any atom is -0.465 e. The van der Waals surface area contributed by atoms with Crippen molar-refractivity contribution in [2.24, 2.45) is 0 Å². The highest BCUT2D eigenvalue weighted by Gasteiger charge is 2.48. The zero-order chi connectivity index (χ0) is 25.4. The summed E-state index contributed by atoms with van der Waals surface area (Å²) in [5.74, 6) is -8.36. The Bertz CT molecular complexity index is 1250. The molecule has 2 aromatic carbocycles. The predicted octanol–water partition coefficient (Wildman–Crippen LogP) is 3.50. The molecular weight excluding hydrogens is 453 g/mol. The highest BCUT2D eigenvalue weighted by Crippen LogP contribution is 2.44. The number of halogens is 1. The molecule has 4 rings (SSSR count). The van der Waals surface area contributed by atoms with Gasteiger partial charge in [-0.05, 0) is 72.2 Å². The molecule has 1 aromatic heterocycles. The molecule has 1 aliphatic carbocycles. The summed E-state index contributed by atoms with van der Waals surface area (Å²) < 4.78 is 18.9. The van der Waals surface area contributed by atoms with Crippen molar-refractivity contribution in [1.29, 1.82) is 0 Å². The van der Waals surface area contributed by atoms with Crippen molar-refractivity contribution in [3.63, 3.8) is 0 Å². The van der Waals surface area contributed by atoms with Gasteiger partial charge >= 0.3 is 5.97 Å². The highest BCUT2D eigenvalue weighted by atomic mass is 19.1. The maximum atomic E-state index is 13.7. The van der Waals surface area contributed by atoms with Crippen LogP contribution in [0.15, 0.2) is 61.3 Å². The lowest BCUT2D eigenvalue weighted by atomic mass is 9.81. The molecule has 184 valence electrons. The Morgan fingerprint density at radius 1 is 1.20 bits per heavy atom. The molecule has 4 N–H and O–H groups in total. The minimum absolute atomic E-state index is 0.0477. The van der Waals surface area contributed by atoms with E-state index < -0.39 is 35.7 Å². The average molecular weight is 482 g/mol. The fourth-order valence-corrected chi connectivity index (χ4v) is 4.40. The molecule has 35 heavy (non-hydrogen) atoms. The number of pyridine rings is 1. The van der Waals surface area contributed by atoms with Crippen molar-refractivity contribution < 1.29 is 34.3 Å². The molecule has 0 amide bonds. The van der Waals surface area contributed by atoms with E-state index in [4.69, 9.17) is 4.74 Å². The summed E-state index contributed by atoms with van der Waals surface area (Å²) >= 11 is 0. The number of nitrogens with zero attached hydrogens (tertiary/aromatic N) is 1. The number of carbonyl (C=O) groups excluding carboxylic acids is 1. The number of rotatable bonds is 9. The van der Waals surface area contributed by atoms with E-state index in [2.05, 4.69) is 11.6 Å². The SMILES string of the molecule is C=CC(O)(O)CC(O)(O)C(C(=O)OCC)c1cnc2cc(C3CC3)ccc2c1-c1ccc(F)cc1. The van der Waals surface area contributed by atoms with Gasteiger partial charge in [-0.3, -0.25) is 9.78 Å². The first kappa shape index (κ1) is 24.9. The van der Waals surface area contributed by atoms with Gasteiger partial charge in [0.15, 0.2) is 11.6 Å². The van der Waals surface area contributed by atoms with E-state index in [0.717, 1.165) is 24.5 Å². The molecule has 0 aliphatic heterocycles. The molecule has 1 atom stereocenters. The lowest BCUT2D eigenvalue weighted by molar-refractivity contribution is -0.247. The van der Waals surface area contributed by atoms with Gasteiger partial charge in [0.05, 0.1) is 18.5 Å². The highest BCUT2D eigenvalue weighted by molar-refractivity contribution is 5.98. The third-order valence-electron chi connectivity index (χ3n) is 6.25. The molecule has 1 heterocycles. The van der Waals surface area contributed by atoms with Gasteiger partial charge in [-0.25, -0.2) is 4.39 Å². The van der Waals surface area contributed by atoms with Crippen LogP contribution in [-0.4, -0.2) is 49.6 Å². The minimum atomic E-state index is -2.96. The Kier molecular flexibility index (Phi) is 6.75. The van der Waals surface area contributed by atoms with Crippen molar-refractivity contribution in [2.75, 3.05) is 6.61 Å². The number of hydrogen-bond donors (Lipinski definition) is 4. The van der Waals surface area contributed by atoms with Crippen LogP contribution in [0.3, 0.4) is 0 Å². The first-order valence-electron chi connectivity index (χ1n) is 11.4.